The van der Waals surface area contributed by atoms with Crippen LogP contribution in [0.15, 0.2) is 70.7 Å². The Labute approximate surface area is 187 Å². The number of halogens is 2. The molecule has 2 aromatic carbocycles. The molecule has 1 aliphatic rings. The minimum Gasteiger partial charge on any atom is -0.481 e. The summed E-state index contributed by atoms with van der Waals surface area (Å²) in [5, 5.41) is 11.0. The number of carboxylic acids is 1. The van der Waals surface area contributed by atoms with Crippen molar-refractivity contribution in [3.05, 3.63) is 77.5 Å². The van der Waals surface area contributed by atoms with Gasteiger partial charge in [0.15, 0.2) is 0 Å². The van der Waals surface area contributed by atoms with Gasteiger partial charge in [0, 0.05) is 56.3 Å². The Bertz CT molecular complexity index is 1290. The Morgan fingerprint density at radius 1 is 1.26 bits per heavy atom. The van der Waals surface area contributed by atoms with Crippen LogP contribution >= 0.6 is 23.4 Å². The summed E-state index contributed by atoms with van der Waals surface area (Å²) in [5.74, 6) is -1.27. The average Bonchev–Trinajstić information content (AvgIpc) is 3.29. The van der Waals surface area contributed by atoms with Gasteiger partial charge >= 0.3 is 5.97 Å². The molecule has 4 nitrogen and oxygen atoms in total. The number of hydrogen-bond acceptors (Lipinski definition) is 3. The van der Waals surface area contributed by atoms with Gasteiger partial charge in [0.05, 0.1) is 11.9 Å². The number of fused-ring (bicyclic) bond motifs is 3. The van der Waals surface area contributed by atoms with Crippen molar-refractivity contribution in [3.8, 4) is 11.1 Å². The van der Waals surface area contributed by atoms with Gasteiger partial charge in [-0.25, -0.2) is 4.39 Å². The molecule has 7 heteroatoms. The zero-order valence-electron chi connectivity index (χ0n) is 16.4. The van der Waals surface area contributed by atoms with Crippen LogP contribution in [0.1, 0.15) is 24.5 Å². The molecule has 1 N–H and O–H groups in total. The molecule has 4 aromatic rings. The number of pyridine rings is 1. The minimum atomic E-state index is -0.829. The molecule has 0 aliphatic carbocycles. The van der Waals surface area contributed by atoms with Crippen LogP contribution in [0.3, 0.4) is 0 Å². The fourth-order valence-electron chi connectivity index (χ4n) is 4.38. The highest BCUT2D eigenvalue weighted by Gasteiger charge is 2.33. The second-order valence-electron chi connectivity index (χ2n) is 7.59. The van der Waals surface area contributed by atoms with Gasteiger partial charge in [0.25, 0.3) is 0 Å². The third-order valence-corrected chi connectivity index (χ3v) is 7.02. The third kappa shape index (κ3) is 3.70. The van der Waals surface area contributed by atoms with Crippen LogP contribution < -0.4 is 0 Å². The molecule has 0 saturated heterocycles. The van der Waals surface area contributed by atoms with E-state index in [1.807, 2.05) is 36.4 Å². The number of aromatic nitrogens is 2. The van der Waals surface area contributed by atoms with Crippen molar-refractivity contribution < 1.29 is 14.3 Å². The molecule has 5 rings (SSSR count). The van der Waals surface area contributed by atoms with Crippen molar-refractivity contribution in [2.24, 2.45) is 0 Å². The van der Waals surface area contributed by atoms with E-state index in [-0.39, 0.29) is 18.2 Å². The number of carboxylic acid groups (broad SMARTS) is 1. The summed E-state index contributed by atoms with van der Waals surface area (Å²) < 4.78 is 16.8. The number of benzene rings is 2. The van der Waals surface area contributed by atoms with Gasteiger partial charge in [0.2, 0.25) is 0 Å². The predicted octanol–water partition coefficient (Wildman–Crippen LogP) is 6.61. The standard InChI is InChI=1S/C24H18ClFN2O2S/c25-16-3-5-18(6-4-16)31-24-22-19(15-2-1-8-27-13-15)11-17(26)12-20(22)28-9-7-14(23(24)28)10-21(29)30/h1-6,8,11-14H,7,9-10H2,(H,29,30). The maximum atomic E-state index is 14.7. The van der Waals surface area contributed by atoms with Crippen molar-refractivity contribution >= 4 is 40.2 Å². The molecule has 0 amide bonds. The SMILES string of the molecule is O=C(O)CC1CCn2c1c(Sc1ccc(Cl)cc1)c1c(-c3cccnc3)cc(F)cc12. The zero-order valence-corrected chi connectivity index (χ0v) is 18.0. The number of aryl methyl sites for hydroxylation is 1. The molecule has 0 spiro atoms. The monoisotopic (exact) mass is 452 g/mol. The van der Waals surface area contributed by atoms with Crippen molar-refractivity contribution in [1.29, 1.82) is 0 Å². The Kier molecular flexibility index (Phi) is 5.20. The van der Waals surface area contributed by atoms with E-state index in [1.165, 1.54) is 6.07 Å². The van der Waals surface area contributed by atoms with Crippen LogP contribution in [-0.4, -0.2) is 20.6 Å². The van der Waals surface area contributed by atoms with Gasteiger partial charge in [-0.15, -0.1) is 0 Å². The highest BCUT2D eigenvalue weighted by Crippen LogP contribution is 2.49. The van der Waals surface area contributed by atoms with Crippen molar-refractivity contribution in [2.45, 2.75) is 35.1 Å². The van der Waals surface area contributed by atoms with Gasteiger partial charge in [-0.1, -0.05) is 29.4 Å². The Balaban J connectivity index is 1.78. The maximum absolute atomic E-state index is 14.7. The maximum Gasteiger partial charge on any atom is 0.304 e. The van der Waals surface area contributed by atoms with Gasteiger partial charge in [-0.05, 0) is 54.4 Å². The largest absolute Gasteiger partial charge is 0.481 e. The summed E-state index contributed by atoms with van der Waals surface area (Å²) in [6.45, 7) is 0.668. The molecule has 1 unspecified atom stereocenters. The molecule has 1 aliphatic heterocycles. The second kappa shape index (κ2) is 8.02. The molecular formula is C24H18ClFN2O2S. The molecule has 0 saturated carbocycles. The lowest BCUT2D eigenvalue weighted by molar-refractivity contribution is -0.137. The summed E-state index contributed by atoms with van der Waals surface area (Å²) in [6, 6.07) is 14.4. The first-order valence-electron chi connectivity index (χ1n) is 9.92. The number of aliphatic carboxylic acids is 1. The second-order valence-corrected chi connectivity index (χ2v) is 9.11. The summed E-state index contributed by atoms with van der Waals surface area (Å²) >= 11 is 7.63. The average molecular weight is 453 g/mol. The molecular weight excluding hydrogens is 435 g/mol. The van der Waals surface area contributed by atoms with E-state index in [0.717, 1.165) is 43.9 Å². The molecule has 1 atom stereocenters. The molecule has 156 valence electrons. The first-order chi connectivity index (χ1) is 15.0. The van der Waals surface area contributed by atoms with Crippen LogP contribution in [0.4, 0.5) is 4.39 Å². The molecule has 3 heterocycles. The van der Waals surface area contributed by atoms with Crippen LogP contribution in [0.25, 0.3) is 22.0 Å². The highest BCUT2D eigenvalue weighted by atomic mass is 35.5. The Morgan fingerprint density at radius 3 is 2.77 bits per heavy atom. The smallest absolute Gasteiger partial charge is 0.304 e. The van der Waals surface area contributed by atoms with Crippen molar-refractivity contribution in [2.75, 3.05) is 0 Å². The van der Waals surface area contributed by atoms with Gasteiger partial charge in [-0.2, -0.15) is 0 Å². The Morgan fingerprint density at radius 2 is 2.06 bits per heavy atom. The summed E-state index contributed by atoms with van der Waals surface area (Å²) in [5.41, 5.74) is 3.34. The number of rotatable bonds is 5. The van der Waals surface area contributed by atoms with Gasteiger partial charge in [-0.3, -0.25) is 9.78 Å². The van der Waals surface area contributed by atoms with E-state index in [2.05, 4.69) is 9.55 Å². The van der Waals surface area contributed by atoms with Gasteiger partial charge in [0.1, 0.15) is 5.82 Å². The molecule has 31 heavy (non-hydrogen) atoms. The van der Waals surface area contributed by atoms with E-state index in [0.29, 0.717) is 11.6 Å². The Hall–Kier alpha value is -2.83. The van der Waals surface area contributed by atoms with Gasteiger partial charge < -0.3 is 9.67 Å². The lowest BCUT2D eigenvalue weighted by Crippen LogP contribution is -2.04. The summed E-state index contributed by atoms with van der Waals surface area (Å²) in [6.07, 6.45) is 4.19. The molecule has 0 fully saturated rings. The third-order valence-electron chi connectivity index (χ3n) is 5.64. The van der Waals surface area contributed by atoms with E-state index in [9.17, 15) is 14.3 Å². The van der Waals surface area contributed by atoms with E-state index in [4.69, 9.17) is 11.6 Å². The van der Waals surface area contributed by atoms with Crippen LogP contribution in [0.2, 0.25) is 5.02 Å². The van der Waals surface area contributed by atoms with E-state index in [1.54, 1.807) is 30.2 Å². The minimum absolute atomic E-state index is 0.0508. The highest BCUT2D eigenvalue weighted by molar-refractivity contribution is 7.99. The van der Waals surface area contributed by atoms with Crippen molar-refractivity contribution in [3.63, 3.8) is 0 Å². The van der Waals surface area contributed by atoms with Crippen LogP contribution in [-0.2, 0) is 11.3 Å². The predicted molar refractivity (Wildman–Crippen MR) is 120 cm³/mol. The van der Waals surface area contributed by atoms with Crippen LogP contribution in [0.5, 0.6) is 0 Å². The molecule has 0 radical (unpaired) electrons. The number of hydrogen-bond donors (Lipinski definition) is 1. The number of nitrogens with zero attached hydrogens (tertiary/aromatic N) is 2. The van der Waals surface area contributed by atoms with Crippen molar-refractivity contribution in [1.82, 2.24) is 9.55 Å². The fourth-order valence-corrected chi connectivity index (χ4v) is 5.71. The van der Waals surface area contributed by atoms with E-state index < -0.39 is 5.97 Å². The van der Waals surface area contributed by atoms with E-state index >= 15 is 0 Å². The number of carbonyl (C=O) groups is 1. The summed E-state index contributed by atoms with van der Waals surface area (Å²) in [4.78, 5) is 17.7. The normalized spacial score (nSPS) is 15.4. The topological polar surface area (TPSA) is 55.1 Å². The zero-order chi connectivity index (χ0) is 21.5. The first kappa shape index (κ1) is 20.1. The first-order valence-corrected chi connectivity index (χ1v) is 11.1. The van der Waals surface area contributed by atoms with Crippen LogP contribution in [0, 0.1) is 5.82 Å². The fraction of sp³-hybridized carbons (Fsp3) is 0.167. The lowest BCUT2D eigenvalue weighted by Gasteiger charge is -2.12. The molecule has 2 aromatic heterocycles. The lowest BCUT2D eigenvalue weighted by atomic mass is 9.98. The molecule has 0 bridgehead atoms. The quantitative estimate of drug-likeness (QED) is 0.370. The summed E-state index contributed by atoms with van der Waals surface area (Å²) in [7, 11) is 0.